The van der Waals surface area contributed by atoms with E-state index in [-0.39, 0.29) is 0 Å². The molecule has 1 aliphatic carbocycles. The van der Waals surface area contributed by atoms with Crippen molar-refractivity contribution in [3.05, 3.63) is 12.2 Å². The predicted octanol–water partition coefficient (Wildman–Crippen LogP) is 5.98. The molecule has 0 atom stereocenters. The Kier molecular flexibility index (Phi) is 10.8. The normalized spacial score (nSPS) is 24.3. The highest BCUT2D eigenvalue weighted by atomic mass is 16.1. The van der Waals surface area contributed by atoms with Crippen LogP contribution in [0.3, 0.4) is 0 Å². The first-order valence-corrected chi connectivity index (χ1v) is 8.56. The Labute approximate surface area is 119 Å². The zero-order valence-electron chi connectivity index (χ0n) is 12.7. The number of hydrogen-bond donors (Lipinski definition) is 0. The summed E-state index contributed by atoms with van der Waals surface area (Å²) in [5, 5.41) is 0. The molecule has 0 heterocycles. The maximum Gasteiger partial charge on any atom is 0.132 e. The van der Waals surface area contributed by atoms with Crippen LogP contribution in [0.15, 0.2) is 12.2 Å². The molecule has 19 heavy (non-hydrogen) atoms. The first-order chi connectivity index (χ1) is 9.39. The maximum absolute atomic E-state index is 11.7. The topological polar surface area (TPSA) is 17.1 Å². The fourth-order valence-corrected chi connectivity index (χ4v) is 2.78. The van der Waals surface area contributed by atoms with Gasteiger partial charge < -0.3 is 0 Å². The average Bonchev–Trinajstić information content (AvgIpc) is 2.41. The van der Waals surface area contributed by atoms with Gasteiger partial charge in [-0.3, -0.25) is 4.79 Å². The first-order valence-electron chi connectivity index (χ1n) is 8.56. The van der Waals surface area contributed by atoms with Crippen LogP contribution in [-0.4, -0.2) is 5.78 Å². The van der Waals surface area contributed by atoms with Crippen LogP contribution in [-0.2, 0) is 4.79 Å². The second kappa shape index (κ2) is 12.4. The SMILES string of the molecule is O=C1CCC/C=C/CCCCCCCCCCCC1. The van der Waals surface area contributed by atoms with Gasteiger partial charge in [-0.05, 0) is 32.1 Å². The van der Waals surface area contributed by atoms with Gasteiger partial charge in [0, 0.05) is 12.8 Å². The molecule has 0 spiro atoms. The molecule has 1 rings (SSSR count). The summed E-state index contributed by atoms with van der Waals surface area (Å²) in [7, 11) is 0. The molecule has 1 nitrogen and oxygen atoms in total. The minimum Gasteiger partial charge on any atom is -0.300 e. The van der Waals surface area contributed by atoms with Crippen LogP contribution in [0, 0.1) is 0 Å². The van der Waals surface area contributed by atoms with Crippen molar-refractivity contribution < 1.29 is 4.79 Å². The summed E-state index contributed by atoms with van der Waals surface area (Å²) in [5.41, 5.74) is 0. The number of rotatable bonds is 0. The van der Waals surface area contributed by atoms with E-state index in [9.17, 15) is 4.79 Å². The molecule has 0 unspecified atom stereocenters. The number of carbonyl (C=O) groups excluding carboxylic acids is 1. The smallest absolute Gasteiger partial charge is 0.132 e. The molecule has 0 bridgehead atoms. The van der Waals surface area contributed by atoms with Crippen molar-refractivity contribution in [3.8, 4) is 0 Å². The molecule has 0 amide bonds. The van der Waals surface area contributed by atoms with Gasteiger partial charge in [0.15, 0.2) is 0 Å². The van der Waals surface area contributed by atoms with Crippen LogP contribution in [0.1, 0.15) is 96.3 Å². The lowest BCUT2D eigenvalue weighted by Gasteiger charge is -2.03. The van der Waals surface area contributed by atoms with E-state index in [0.717, 1.165) is 32.1 Å². The lowest BCUT2D eigenvalue weighted by atomic mass is 10.0. The minimum atomic E-state index is 0.481. The fourth-order valence-electron chi connectivity index (χ4n) is 2.78. The third-order valence-electron chi connectivity index (χ3n) is 4.07. The number of ketones is 1. The van der Waals surface area contributed by atoms with E-state index >= 15 is 0 Å². The standard InChI is InChI=1S/C18H32O/c19-18-16-14-12-10-8-6-4-2-1-3-5-7-9-11-13-15-17-18/h8,10H,1-7,9,11-17H2/b10-8+. The zero-order valence-corrected chi connectivity index (χ0v) is 12.7. The van der Waals surface area contributed by atoms with Gasteiger partial charge in [0.2, 0.25) is 0 Å². The molecule has 0 fully saturated rings. The summed E-state index contributed by atoms with van der Waals surface area (Å²) in [6.07, 6.45) is 23.0. The Morgan fingerprint density at radius 2 is 0.947 bits per heavy atom. The van der Waals surface area contributed by atoms with Gasteiger partial charge in [-0.2, -0.15) is 0 Å². The largest absolute Gasteiger partial charge is 0.300 e. The van der Waals surface area contributed by atoms with Crippen LogP contribution >= 0.6 is 0 Å². The quantitative estimate of drug-likeness (QED) is 0.492. The third kappa shape index (κ3) is 11.0. The second-order valence-electron chi connectivity index (χ2n) is 5.98. The predicted molar refractivity (Wildman–Crippen MR) is 83.4 cm³/mol. The van der Waals surface area contributed by atoms with Crippen LogP contribution in [0.25, 0.3) is 0 Å². The summed E-state index contributed by atoms with van der Waals surface area (Å²) in [6.45, 7) is 0. The molecule has 0 saturated heterocycles. The van der Waals surface area contributed by atoms with Gasteiger partial charge in [-0.25, -0.2) is 0 Å². The Hall–Kier alpha value is -0.590. The Balaban J connectivity index is 2.17. The molecule has 0 aromatic rings. The maximum atomic E-state index is 11.7. The van der Waals surface area contributed by atoms with E-state index in [1.54, 1.807) is 0 Å². The number of carbonyl (C=O) groups is 1. The van der Waals surface area contributed by atoms with E-state index in [1.165, 1.54) is 64.2 Å². The second-order valence-corrected chi connectivity index (χ2v) is 5.98. The molecule has 0 radical (unpaired) electrons. The van der Waals surface area contributed by atoms with Crippen molar-refractivity contribution in [3.63, 3.8) is 0 Å². The lowest BCUT2D eigenvalue weighted by molar-refractivity contribution is -0.119. The van der Waals surface area contributed by atoms with E-state index in [4.69, 9.17) is 0 Å². The van der Waals surface area contributed by atoms with Crippen molar-refractivity contribution in [2.45, 2.75) is 96.3 Å². The van der Waals surface area contributed by atoms with Crippen molar-refractivity contribution in [2.24, 2.45) is 0 Å². The Bertz CT molecular complexity index is 242. The molecule has 1 heteroatoms. The van der Waals surface area contributed by atoms with Crippen molar-refractivity contribution >= 4 is 5.78 Å². The van der Waals surface area contributed by atoms with Gasteiger partial charge in [0.25, 0.3) is 0 Å². The molecule has 0 saturated carbocycles. The Morgan fingerprint density at radius 3 is 1.58 bits per heavy atom. The molecule has 1 aliphatic rings. The zero-order chi connectivity index (χ0) is 13.6. The molecular formula is C18H32O. The summed E-state index contributed by atoms with van der Waals surface area (Å²) in [5.74, 6) is 0.481. The lowest BCUT2D eigenvalue weighted by Crippen LogP contribution is -1.97. The highest BCUT2D eigenvalue weighted by Gasteiger charge is 2.01. The summed E-state index contributed by atoms with van der Waals surface area (Å²) in [4.78, 5) is 11.7. The van der Waals surface area contributed by atoms with E-state index in [2.05, 4.69) is 12.2 Å². The summed E-state index contributed by atoms with van der Waals surface area (Å²) < 4.78 is 0. The van der Waals surface area contributed by atoms with E-state index in [0.29, 0.717) is 5.78 Å². The molecule has 110 valence electrons. The first kappa shape index (κ1) is 16.5. The molecule has 0 aromatic carbocycles. The highest BCUT2D eigenvalue weighted by molar-refractivity contribution is 5.78. The number of Topliss-reactive ketones (excluding diaryl/α,β-unsaturated/α-hetero) is 1. The van der Waals surface area contributed by atoms with Crippen LogP contribution in [0.4, 0.5) is 0 Å². The number of hydrogen-bond acceptors (Lipinski definition) is 1. The van der Waals surface area contributed by atoms with Crippen LogP contribution < -0.4 is 0 Å². The highest BCUT2D eigenvalue weighted by Crippen LogP contribution is 2.13. The van der Waals surface area contributed by atoms with Crippen LogP contribution in [0.5, 0.6) is 0 Å². The molecule has 0 aliphatic heterocycles. The summed E-state index contributed by atoms with van der Waals surface area (Å²) >= 11 is 0. The van der Waals surface area contributed by atoms with Gasteiger partial charge in [0.05, 0.1) is 0 Å². The fraction of sp³-hybridized carbons (Fsp3) is 0.833. The van der Waals surface area contributed by atoms with Crippen molar-refractivity contribution in [2.75, 3.05) is 0 Å². The Morgan fingerprint density at radius 1 is 0.526 bits per heavy atom. The number of allylic oxidation sites excluding steroid dienone is 2. The van der Waals surface area contributed by atoms with Gasteiger partial charge >= 0.3 is 0 Å². The van der Waals surface area contributed by atoms with Gasteiger partial charge in [0.1, 0.15) is 5.78 Å². The van der Waals surface area contributed by atoms with Gasteiger partial charge in [-0.1, -0.05) is 63.5 Å². The molecular weight excluding hydrogens is 232 g/mol. The molecule has 0 N–H and O–H groups in total. The molecule has 0 aromatic heterocycles. The van der Waals surface area contributed by atoms with Gasteiger partial charge in [-0.15, -0.1) is 0 Å². The van der Waals surface area contributed by atoms with Crippen molar-refractivity contribution in [1.29, 1.82) is 0 Å². The summed E-state index contributed by atoms with van der Waals surface area (Å²) in [6, 6.07) is 0. The van der Waals surface area contributed by atoms with E-state index in [1.807, 2.05) is 0 Å². The monoisotopic (exact) mass is 264 g/mol. The third-order valence-corrected chi connectivity index (χ3v) is 4.07. The van der Waals surface area contributed by atoms with E-state index < -0.39 is 0 Å². The van der Waals surface area contributed by atoms with Crippen molar-refractivity contribution in [1.82, 2.24) is 0 Å². The minimum absolute atomic E-state index is 0.481. The average molecular weight is 264 g/mol. The van der Waals surface area contributed by atoms with Crippen LogP contribution in [0.2, 0.25) is 0 Å².